The lowest BCUT2D eigenvalue weighted by Gasteiger charge is -2.43. The molecular weight excluding hydrogens is 300 g/mol. The molecule has 134 valence electrons. The molecule has 3 nitrogen and oxygen atoms in total. The van der Waals surface area contributed by atoms with Gasteiger partial charge in [0.1, 0.15) is 0 Å². The van der Waals surface area contributed by atoms with E-state index in [0.717, 1.165) is 19.4 Å². The zero-order valence-electron chi connectivity index (χ0n) is 15.3. The predicted molar refractivity (Wildman–Crippen MR) is 97.6 cm³/mol. The number of unbranched alkanes of at least 4 members (excludes halogenated alkanes) is 1. The van der Waals surface area contributed by atoms with Crippen molar-refractivity contribution >= 4 is 0 Å². The van der Waals surface area contributed by atoms with Crippen LogP contribution in [0.25, 0.3) is 0 Å². The van der Waals surface area contributed by atoms with Crippen molar-refractivity contribution in [2.45, 2.75) is 52.6 Å². The summed E-state index contributed by atoms with van der Waals surface area (Å²) in [5.74, 6) is 1.41. The van der Waals surface area contributed by atoms with E-state index in [4.69, 9.17) is 14.2 Å². The summed E-state index contributed by atoms with van der Waals surface area (Å²) >= 11 is 0. The summed E-state index contributed by atoms with van der Waals surface area (Å²) in [6.45, 7) is 12.5. The summed E-state index contributed by atoms with van der Waals surface area (Å²) in [7, 11) is 0. The molecule has 1 fully saturated rings. The highest BCUT2D eigenvalue weighted by atomic mass is 16.7. The first-order valence-corrected chi connectivity index (χ1v) is 9.13. The Bertz CT molecular complexity index is 473. The Morgan fingerprint density at radius 2 is 1.83 bits per heavy atom. The van der Waals surface area contributed by atoms with Gasteiger partial charge in [-0.05, 0) is 30.2 Å². The average molecular weight is 332 g/mol. The zero-order chi connectivity index (χ0) is 17.4. The van der Waals surface area contributed by atoms with Gasteiger partial charge >= 0.3 is 0 Å². The number of ether oxygens (including phenoxy) is 3. The maximum atomic E-state index is 6.23. The van der Waals surface area contributed by atoms with E-state index in [1.54, 1.807) is 0 Å². The topological polar surface area (TPSA) is 27.7 Å². The fraction of sp³-hybridized carbons (Fsp3) is 0.619. The van der Waals surface area contributed by atoms with E-state index in [-0.39, 0.29) is 12.4 Å². The van der Waals surface area contributed by atoms with Gasteiger partial charge < -0.3 is 14.2 Å². The highest BCUT2D eigenvalue weighted by molar-refractivity contribution is 5.13. The minimum absolute atomic E-state index is 0.0873. The first kappa shape index (κ1) is 19.2. The second-order valence-electron chi connectivity index (χ2n) is 6.92. The number of rotatable bonds is 9. The van der Waals surface area contributed by atoms with Crippen LogP contribution in [0.5, 0.6) is 0 Å². The molecule has 0 N–H and O–H groups in total. The molecule has 0 amide bonds. The number of allylic oxidation sites excluding steroid dienone is 1. The van der Waals surface area contributed by atoms with Crippen LogP contribution in [0, 0.1) is 17.8 Å². The molecule has 1 aliphatic rings. The smallest absolute Gasteiger partial charge is 0.160 e. The molecule has 0 radical (unpaired) electrons. The Hall–Kier alpha value is -1.16. The molecule has 2 unspecified atom stereocenters. The Balaban J connectivity index is 1.82. The standard InChI is InChI=1S/C21H32O3/c1-5-6-10-13-23-21-18(4)16(2)17(3)20(24-21)15-22-14-19-11-8-7-9-12-19/h5,7-9,11-12,16-18,20-21H,1,6,10,13-15H2,2-4H3/t16-,17-,18?,20?,21+/m0/s1. The van der Waals surface area contributed by atoms with E-state index in [2.05, 4.69) is 39.5 Å². The zero-order valence-corrected chi connectivity index (χ0v) is 15.3. The van der Waals surface area contributed by atoms with Crippen LogP contribution in [0.4, 0.5) is 0 Å². The Labute approximate surface area is 147 Å². The summed E-state index contributed by atoms with van der Waals surface area (Å²) in [6, 6.07) is 10.3. The lowest BCUT2D eigenvalue weighted by molar-refractivity contribution is -0.257. The molecule has 1 aliphatic heterocycles. The summed E-state index contributed by atoms with van der Waals surface area (Å²) in [4.78, 5) is 0. The van der Waals surface area contributed by atoms with Gasteiger partial charge in [0.25, 0.3) is 0 Å². The fourth-order valence-corrected chi connectivity index (χ4v) is 3.16. The quantitative estimate of drug-likeness (QED) is 0.479. The van der Waals surface area contributed by atoms with Gasteiger partial charge in [-0.15, -0.1) is 6.58 Å². The third kappa shape index (κ3) is 5.44. The molecule has 1 aromatic rings. The normalized spacial score (nSPS) is 30.2. The molecule has 0 aliphatic carbocycles. The molecule has 5 atom stereocenters. The van der Waals surface area contributed by atoms with Gasteiger partial charge in [0.2, 0.25) is 0 Å². The molecule has 0 aromatic heterocycles. The maximum Gasteiger partial charge on any atom is 0.160 e. The molecule has 1 aromatic carbocycles. The maximum absolute atomic E-state index is 6.23. The van der Waals surface area contributed by atoms with Crippen LogP contribution in [0.1, 0.15) is 39.2 Å². The summed E-state index contributed by atoms with van der Waals surface area (Å²) < 4.78 is 18.1. The van der Waals surface area contributed by atoms with E-state index in [1.165, 1.54) is 5.56 Å². The van der Waals surface area contributed by atoms with Gasteiger partial charge in [-0.1, -0.05) is 57.2 Å². The lowest BCUT2D eigenvalue weighted by atomic mass is 9.79. The highest BCUT2D eigenvalue weighted by Gasteiger charge is 2.39. The molecular formula is C21H32O3. The Kier molecular flexibility index (Phi) is 7.97. The molecule has 24 heavy (non-hydrogen) atoms. The van der Waals surface area contributed by atoms with Gasteiger partial charge in [-0.2, -0.15) is 0 Å². The van der Waals surface area contributed by atoms with Crippen molar-refractivity contribution in [3.8, 4) is 0 Å². The van der Waals surface area contributed by atoms with Crippen LogP contribution in [0.2, 0.25) is 0 Å². The summed E-state index contributed by atoms with van der Waals surface area (Å²) in [5, 5.41) is 0. The highest BCUT2D eigenvalue weighted by Crippen LogP contribution is 2.35. The van der Waals surface area contributed by atoms with Gasteiger partial charge in [0, 0.05) is 5.92 Å². The van der Waals surface area contributed by atoms with Crippen molar-refractivity contribution in [1.29, 1.82) is 0 Å². The van der Waals surface area contributed by atoms with Gasteiger partial charge in [-0.25, -0.2) is 0 Å². The molecule has 2 rings (SSSR count). The van der Waals surface area contributed by atoms with Crippen molar-refractivity contribution in [2.24, 2.45) is 17.8 Å². The minimum Gasteiger partial charge on any atom is -0.374 e. The Morgan fingerprint density at radius 1 is 1.08 bits per heavy atom. The SMILES string of the molecule is C=CCCCO[C@@H]1OC(COCc2ccccc2)[C@@H](C)[C@H](C)C1C. The molecule has 0 spiro atoms. The van der Waals surface area contributed by atoms with E-state index in [9.17, 15) is 0 Å². The fourth-order valence-electron chi connectivity index (χ4n) is 3.16. The largest absolute Gasteiger partial charge is 0.374 e. The van der Waals surface area contributed by atoms with Crippen LogP contribution in [0.3, 0.4) is 0 Å². The van der Waals surface area contributed by atoms with Crippen molar-refractivity contribution < 1.29 is 14.2 Å². The molecule has 3 heteroatoms. The molecule has 1 heterocycles. The van der Waals surface area contributed by atoms with Crippen LogP contribution in [0.15, 0.2) is 43.0 Å². The Morgan fingerprint density at radius 3 is 2.54 bits per heavy atom. The third-order valence-corrected chi connectivity index (χ3v) is 5.21. The molecule has 1 saturated heterocycles. The number of hydrogen-bond acceptors (Lipinski definition) is 3. The first-order valence-electron chi connectivity index (χ1n) is 9.13. The van der Waals surface area contributed by atoms with Crippen molar-refractivity contribution in [1.82, 2.24) is 0 Å². The van der Waals surface area contributed by atoms with E-state index < -0.39 is 0 Å². The predicted octanol–water partition coefficient (Wildman–Crippen LogP) is 4.82. The average Bonchev–Trinajstić information content (AvgIpc) is 2.61. The third-order valence-electron chi connectivity index (χ3n) is 5.21. The van der Waals surface area contributed by atoms with Gasteiger partial charge in [0.15, 0.2) is 6.29 Å². The van der Waals surface area contributed by atoms with Crippen LogP contribution >= 0.6 is 0 Å². The lowest BCUT2D eigenvalue weighted by Crippen LogP contribution is -2.47. The molecule has 0 bridgehead atoms. The second-order valence-corrected chi connectivity index (χ2v) is 6.92. The van der Waals surface area contributed by atoms with Crippen molar-refractivity contribution in [3.05, 3.63) is 48.6 Å². The van der Waals surface area contributed by atoms with Gasteiger partial charge in [-0.3, -0.25) is 0 Å². The van der Waals surface area contributed by atoms with Crippen molar-refractivity contribution in [2.75, 3.05) is 13.2 Å². The summed E-state index contributed by atoms with van der Waals surface area (Å²) in [5.41, 5.74) is 1.19. The minimum atomic E-state index is -0.133. The van der Waals surface area contributed by atoms with Crippen LogP contribution < -0.4 is 0 Å². The van der Waals surface area contributed by atoms with E-state index in [0.29, 0.717) is 31.0 Å². The van der Waals surface area contributed by atoms with Crippen LogP contribution in [-0.4, -0.2) is 25.6 Å². The monoisotopic (exact) mass is 332 g/mol. The van der Waals surface area contributed by atoms with Crippen LogP contribution in [-0.2, 0) is 20.8 Å². The molecule has 0 saturated carbocycles. The second kappa shape index (κ2) is 9.97. The number of benzene rings is 1. The van der Waals surface area contributed by atoms with E-state index >= 15 is 0 Å². The van der Waals surface area contributed by atoms with E-state index in [1.807, 2.05) is 24.3 Å². The van der Waals surface area contributed by atoms with Gasteiger partial charge in [0.05, 0.1) is 25.9 Å². The summed E-state index contributed by atoms with van der Waals surface area (Å²) in [6.07, 6.45) is 3.86. The number of hydrogen-bond donors (Lipinski definition) is 0. The first-order chi connectivity index (χ1) is 11.6. The van der Waals surface area contributed by atoms with Crippen molar-refractivity contribution in [3.63, 3.8) is 0 Å².